The summed E-state index contributed by atoms with van der Waals surface area (Å²) in [7, 11) is 0. The summed E-state index contributed by atoms with van der Waals surface area (Å²) in [5.74, 6) is 0. The molecule has 0 radical (unpaired) electrons. The smallest absolute Gasteiger partial charge is 0.0630 e. The van der Waals surface area contributed by atoms with Crippen molar-refractivity contribution < 1.29 is 0 Å². The number of nitrogens with one attached hydrogen (secondary N) is 1. The van der Waals surface area contributed by atoms with Crippen LogP contribution >= 0.6 is 15.9 Å². The van der Waals surface area contributed by atoms with Crippen molar-refractivity contribution in [1.82, 2.24) is 9.88 Å². The normalized spacial score (nSPS) is 11.6. The number of aromatic nitrogens is 1. The lowest BCUT2D eigenvalue weighted by Crippen LogP contribution is -2.11. The molecular weight excluding hydrogens is 276 g/mol. The topological polar surface area (TPSA) is 17.0 Å². The van der Waals surface area contributed by atoms with Crippen LogP contribution in [0.5, 0.6) is 0 Å². The Kier molecular flexibility index (Phi) is 3.89. The minimum atomic E-state index is 0.478. The summed E-state index contributed by atoms with van der Waals surface area (Å²) in [4.78, 5) is 0. The van der Waals surface area contributed by atoms with Crippen molar-refractivity contribution in [3.8, 4) is 0 Å². The second kappa shape index (κ2) is 5.23. The van der Waals surface area contributed by atoms with Gasteiger partial charge in [0.05, 0.1) is 5.52 Å². The molecule has 1 N–H and O–H groups in total. The number of nitrogens with zero attached hydrogens (tertiary/aromatic N) is 1. The first kappa shape index (κ1) is 12.7. The number of para-hydroxylation sites is 1. The summed E-state index contributed by atoms with van der Waals surface area (Å²) in [6, 6.07) is 6.89. The van der Waals surface area contributed by atoms with Crippen LogP contribution in [0, 0.1) is 0 Å². The Morgan fingerprint density at radius 1 is 1.35 bits per heavy atom. The minimum absolute atomic E-state index is 0.478. The van der Waals surface area contributed by atoms with Crippen LogP contribution in [0.2, 0.25) is 0 Å². The molecule has 1 heterocycles. The fourth-order valence-electron chi connectivity index (χ4n) is 2.15. The monoisotopic (exact) mass is 294 g/mol. The lowest BCUT2D eigenvalue weighted by molar-refractivity contribution is 0.617. The second-order valence-corrected chi connectivity index (χ2v) is 5.43. The number of halogens is 1. The summed E-state index contributed by atoms with van der Waals surface area (Å²) in [6.07, 6.45) is 2.27. The van der Waals surface area contributed by atoms with Gasteiger partial charge in [0.1, 0.15) is 0 Å². The quantitative estimate of drug-likeness (QED) is 0.898. The molecule has 0 atom stereocenters. The summed E-state index contributed by atoms with van der Waals surface area (Å²) >= 11 is 3.66. The van der Waals surface area contributed by atoms with Gasteiger partial charge in [-0.05, 0) is 48.0 Å². The molecule has 2 nitrogen and oxygen atoms in total. The third kappa shape index (κ3) is 2.40. The molecule has 0 spiro atoms. The van der Waals surface area contributed by atoms with Crippen molar-refractivity contribution in [2.24, 2.45) is 0 Å². The lowest BCUT2D eigenvalue weighted by Gasteiger charge is -2.10. The van der Waals surface area contributed by atoms with E-state index < -0.39 is 0 Å². The first-order valence-electron chi connectivity index (χ1n) is 6.13. The maximum Gasteiger partial charge on any atom is 0.0630 e. The molecule has 0 fully saturated rings. The van der Waals surface area contributed by atoms with E-state index in [-0.39, 0.29) is 0 Å². The molecule has 2 rings (SSSR count). The SMILES string of the molecule is CCNCc1cn(C(C)C)c2c(Br)cccc12. The van der Waals surface area contributed by atoms with Crippen molar-refractivity contribution in [2.45, 2.75) is 33.4 Å². The Bertz CT molecular complexity index is 514. The van der Waals surface area contributed by atoms with E-state index in [1.54, 1.807) is 0 Å². The molecular formula is C14H19BrN2. The summed E-state index contributed by atoms with van der Waals surface area (Å²) < 4.78 is 3.51. The Balaban J connectivity index is 2.58. The van der Waals surface area contributed by atoms with Gasteiger partial charge in [0.2, 0.25) is 0 Å². The highest BCUT2D eigenvalue weighted by molar-refractivity contribution is 9.10. The highest BCUT2D eigenvalue weighted by Crippen LogP contribution is 2.30. The molecule has 0 amide bonds. The number of fused-ring (bicyclic) bond motifs is 1. The zero-order chi connectivity index (χ0) is 12.4. The van der Waals surface area contributed by atoms with Crippen molar-refractivity contribution in [3.05, 3.63) is 34.4 Å². The van der Waals surface area contributed by atoms with Crippen LogP contribution in [-0.2, 0) is 6.54 Å². The van der Waals surface area contributed by atoms with Gasteiger partial charge in [-0.15, -0.1) is 0 Å². The van der Waals surface area contributed by atoms with E-state index in [1.807, 2.05) is 0 Å². The lowest BCUT2D eigenvalue weighted by atomic mass is 10.2. The third-order valence-electron chi connectivity index (χ3n) is 3.01. The number of benzene rings is 1. The van der Waals surface area contributed by atoms with Crippen LogP contribution in [0.1, 0.15) is 32.4 Å². The molecule has 17 heavy (non-hydrogen) atoms. The molecule has 0 aliphatic carbocycles. The van der Waals surface area contributed by atoms with E-state index in [2.05, 4.69) is 71.0 Å². The average Bonchev–Trinajstić information content (AvgIpc) is 2.67. The first-order chi connectivity index (χ1) is 8.15. The van der Waals surface area contributed by atoms with E-state index in [0.717, 1.165) is 13.1 Å². The van der Waals surface area contributed by atoms with Gasteiger partial charge in [-0.3, -0.25) is 0 Å². The molecule has 92 valence electrons. The second-order valence-electron chi connectivity index (χ2n) is 4.57. The van der Waals surface area contributed by atoms with Crippen molar-refractivity contribution in [3.63, 3.8) is 0 Å². The first-order valence-corrected chi connectivity index (χ1v) is 6.93. The fourth-order valence-corrected chi connectivity index (χ4v) is 2.72. The molecule has 0 aliphatic heterocycles. The molecule has 0 unspecified atom stereocenters. The molecule has 1 aromatic heterocycles. The van der Waals surface area contributed by atoms with Gasteiger partial charge in [-0.2, -0.15) is 0 Å². The van der Waals surface area contributed by atoms with E-state index >= 15 is 0 Å². The van der Waals surface area contributed by atoms with Crippen molar-refractivity contribution in [1.29, 1.82) is 0 Å². The predicted octanol–water partition coefficient (Wildman–Crippen LogP) is 4.09. The van der Waals surface area contributed by atoms with Crippen LogP contribution in [0.15, 0.2) is 28.9 Å². The van der Waals surface area contributed by atoms with Gasteiger partial charge in [0, 0.05) is 28.6 Å². The summed E-state index contributed by atoms with van der Waals surface area (Å²) in [6.45, 7) is 8.51. The highest BCUT2D eigenvalue weighted by atomic mass is 79.9. The fraction of sp³-hybridized carbons (Fsp3) is 0.429. The summed E-state index contributed by atoms with van der Waals surface area (Å²) in [5.41, 5.74) is 2.67. The average molecular weight is 295 g/mol. The van der Waals surface area contributed by atoms with Gasteiger partial charge in [-0.25, -0.2) is 0 Å². The highest BCUT2D eigenvalue weighted by Gasteiger charge is 2.12. The van der Waals surface area contributed by atoms with E-state index in [9.17, 15) is 0 Å². The van der Waals surface area contributed by atoms with Gasteiger partial charge in [0.25, 0.3) is 0 Å². The van der Waals surface area contributed by atoms with Gasteiger partial charge >= 0.3 is 0 Å². The van der Waals surface area contributed by atoms with Gasteiger partial charge < -0.3 is 9.88 Å². The third-order valence-corrected chi connectivity index (χ3v) is 3.65. The minimum Gasteiger partial charge on any atom is -0.344 e. The van der Waals surface area contributed by atoms with E-state index in [4.69, 9.17) is 0 Å². The van der Waals surface area contributed by atoms with Crippen LogP contribution in [0.25, 0.3) is 10.9 Å². The zero-order valence-corrected chi connectivity index (χ0v) is 12.2. The van der Waals surface area contributed by atoms with Crippen LogP contribution < -0.4 is 5.32 Å². The molecule has 0 bridgehead atoms. The number of rotatable bonds is 4. The zero-order valence-electron chi connectivity index (χ0n) is 10.6. The van der Waals surface area contributed by atoms with E-state index in [0.29, 0.717) is 6.04 Å². The number of hydrogen-bond acceptors (Lipinski definition) is 1. The Labute approximate surface area is 111 Å². The molecule has 2 aromatic rings. The summed E-state index contributed by atoms with van der Waals surface area (Å²) in [5, 5.41) is 4.74. The Hall–Kier alpha value is -0.800. The predicted molar refractivity (Wildman–Crippen MR) is 77.4 cm³/mol. The molecule has 0 aliphatic rings. The van der Waals surface area contributed by atoms with E-state index in [1.165, 1.54) is 20.9 Å². The Morgan fingerprint density at radius 3 is 2.76 bits per heavy atom. The van der Waals surface area contributed by atoms with Crippen LogP contribution in [0.3, 0.4) is 0 Å². The van der Waals surface area contributed by atoms with Crippen molar-refractivity contribution in [2.75, 3.05) is 6.54 Å². The van der Waals surface area contributed by atoms with Crippen LogP contribution in [-0.4, -0.2) is 11.1 Å². The molecule has 3 heteroatoms. The largest absolute Gasteiger partial charge is 0.344 e. The van der Waals surface area contributed by atoms with Gasteiger partial charge in [-0.1, -0.05) is 19.1 Å². The van der Waals surface area contributed by atoms with Crippen LogP contribution in [0.4, 0.5) is 0 Å². The van der Waals surface area contributed by atoms with Gasteiger partial charge in [0.15, 0.2) is 0 Å². The standard InChI is InChI=1S/C14H19BrN2/c1-4-16-8-11-9-17(10(2)3)14-12(11)6-5-7-13(14)15/h5-7,9-10,16H,4,8H2,1-3H3. The molecule has 0 saturated carbocycles. The maximum absolute atomic E-state index is 3.66. The van der Waals surface area contributed by atoms with Crippen molar-refractivity contribution >= 4 is 26.8 Å². The molecule has 1 aromatic carbocycles. The molecule has 0 saturated heterocycles. The Morgan fingerprint density at radius 2 is 2.12 bits per heavy atom. The maximum atomic E-state index is 3.66. The number of hydrogen-bond donors (Lipinski definition) is 1.